The van der Waals surface area contributed by atoms with Gasteiger partial charge in [-0.3, -0.25) is 0 Å². The maximum atomic E-state index is 5.68. The summed E-state index contributed by atoms with van der Waals surface area (Å²) in [7, 11) is 0. The summed E-state index contributed by atoms with van der Waals surface area (Å²) in [6, 6.07) is 0. The number of ether oxygens (including phenoxy) is 1. The van der Waals surface area contributed by atoms with Crippen molar-refractivity contribution in [1.82, 2.24) is 10.2 Å². The van der Waals surface area contributed by atoms with Gasteiger partial charge >= 0.3 is 0 Å². The molecule has 0 aromatic carbocycles. The summed E-state index contributed by atoms with van der Waals surface area (Å²) < 4.78 is 5.68. The monoisotopic (exact) mass is 242 g/mol. The largest absolute Gasteiger partial charge is 0.378 e. The van der Waals surface area contributed by atoms with Gasteiger partial charge in [0.2, 0.25) is 0 Å². The lowest BCUT2D eigenvalue weighted by atomic mass is 10.1. The fourth-order valence-electron chi connectivity index (χ4n) is 2.52. The fourth-order valence-corrected chi connectivity index (χ4v) is 2.52. The van der Waals surface area contributed by atoms with Crippen molar-refractivity contribution in [2.45, 2.75) is 46.1 Å². The molecule has 17 heavy (non-hydrogen) atoms. The zero-order valence-electron chi connectivity index (χ0n) is 11.9. The molecular weight excluding hydrogens is 212 g/mol. The van der Waals surface area contributed by atoms with E-state index in [1.807, 2.05) is 0 Å². The molecule has 0 aliphatic carbocycles. The molecule has 1 N–H and O–H groups in total. The SMILES string of the molecule is CCCNCC(C)CN1CCC(OCC)CC1. The third kappa shape index (κ3) is 6.39. The first-order chi connectivity index (χ1) is 8.26. The Morgan fingerprint density at radius 2 is 2.00 bits per heavy atom. The van der Waals surface area contributed by atoms with E-state index in [0.717, 1.165) is 25.6 Å². The van der Waals surface area contributed by atoms with Crippen LogP contribution >= 0.6 is 0 Å². The maximum absolute atomic E-state index is 5.68. The lowest BCUT2D eigenvalue weighted by Gasteiger charge is -2.33. The molecule has 1 aliphatic rings. The van der Waals surface area contributed by atoms with Gasteiger partial charge in [0.1, 0.15) is 0 Å². The molecule has 1 rings (SSSR count). The van der Waals surface area contributed by atoms with Gasteiger partial charge in [0.25, 0.3) is 0 Å². The van der Waals surface area contributed by atoms with Crippen molar-refractivity contribution in [3.63, 3.8) is 0 Å². The zero-order valence-corrected chi connectivity index (χ0v) is 11.9. The van der Waals surface area contributed by atoms with Crippen LogP contribution in [0.15, 0.2) is 0 Å². The molecule has 1 atom stereocenters. The number of piperidine rings is 1. The smallest absolute Gasteiger partial charge is 0.0599 e. The topological polar surface area (TPSA) is 24.5 Å². The highest BCUT2D eigenvalue weighted by atomic mass is 16.5. The van der Waals surface area contributed by atoms with E-state index >= 15 is 0 Å². The molecule has 1 unspecified atom stereocenters. The number of likely N-dealkylation sites (tertiary alicyclic amines) is 1. The Morgan fingerprint density at radius 1 is 1.29 bits per heavy atom. The van der Waals surface area contributed by atoms with Gasteiger partial charge in [-0.15, -0.1) is 0 Å². The van der Waals surface area contributed by atoms with Crippen LogP contribution in [0.5, 0.6) is 0 Å². The normalized spacial score (nSPS) is 20.6. The first kappa shape index (κ1) is 14.9. The van der Waals surface area contributed by atoms with E-state index in [2.05, 4.69) is 31.0 Å². The van der Waals surface area contributed by atoms with Gasteiger partial charge in [0.05, 0.1) is 6.10 Å². The minimum absolute atomic E-state index is 0.518. The van der Waals surface area contributed by atoms with Crippen LogP contribution in [0, 0.1) is 5.92 Å². The second kappa shape index (κ2) is 8.90. The van der Waals surface area contributed by atoms with E-state index in [-0.39, 0.29) is 0 Å². The Kier molecular flexibility index (Phi) is 7.82. The Labute approximate surface area is 107 Å². The second-order valence-corrected chi connectivity index (χ2v) is 5.26. The number of hydrogen-bond acceptors (Lipinski definition) is 3. The van der Waals surface area contributed by atoms with Crippen molar-refractivity contribution < 1.29 is 4.74 Å². The highest BCUT2D eigenvalue weighted by Crippen LogP contribution is 2.14. The molecule has 0 bridgehead atoms. The number of hydrogen-bond donors (Lipinski definition) is 1. The Bertz CT molecular complexity index is 179. The molecule has 1 heterocycles. The summed E-state index contributed by atoms with van der Waals surface area (Å²) in [6.07, 6.45) is 4.17. The maximum Gasteiger partial charge on any atom is 0.0599 e. The van der Waals surface area contributed by atoms with Gasteiger partial charge in [0.15, 0.2) is 0 Å². The molecule has 0 spiro atoms. The molecule has 3 heteroatoms. The molecule has 102 valence electrons. The van der Waals surface area contributed by atoms with Crippen LogP contribution in [0.25, 0.3) is 0 Å². The Hall–Kier alpha value is -0.120. The van der Waals surface area contributed by atoms with Crippen molar-refractivity contribution in [3.8, 4) is 0 Å². The predicted octanol–water partition coefficient (Wildman–Crippen LogP) is 2.12. The number of rotatable bonds is 8. The van der Waals surface area contributed by atoms with Crippen molar-refractivity contribution in [1.29, 1.82) is 0 Å². The van der Waals surface area contributed by atoms with E-state index in [1.54, 1.807) is 0 Å². The first-order valence-electron chi connectivity index (χ1n) is 7.30. The van der Waals surface area contributed by atoms with Gasteiger partial charge in [-0.1, -0.05) is 13.8 Å². The zero-order chi connectivity index (χ0) is 12.5. The molecule has 1 saturated heterocycles. The standard InChI is InChI=1S/C14H30N2O/c1-4-8-15-11-13(3)12-16-9-6-14(7-10-16)17-5-2/h13-15H,4-12H2,1-3H3. The van der Waals surface area contributed by atoms with Crippen molar-refractivity contribution in [2.75, 3.05) is 39.3 Å². The fraction of sp³-hybridized carbons (Fsp3) is 1.00. The second-order valence-electron chi connectivity index (χ2n) is 5.26. The van der Waals surface area contributed by atoms with Crippen molar-refractivity contribution in [2.24, 2.45) is 5.92 Å². The van der Waals surface area contributed by atoms with Gasteiger partial charge in [-0.05, 0) is 45.2 Å². The van der Waals surface area contributed by atoms with E-state index < -0.39 is 0 Å². The van der Waals surface area contributed by atoms with Gasteiger partial charge < -0.3 is 15.0 Å². The quantitative estimate of drug-likeness (QED) is 0.660. The molecule has 1 aliphatic heterocycles. The number of nitrogens with zero attached hydrogens (tertiary/aromatic N) is 1. The minimum atomic E-state index is 0.518. The third-order valence-electron chi connectivity index (χ3n) is 3.43. The number of nitrogens with one attached hydrogen (secondary N) is 1. The molecule has 3 nitrogen and oxygen atoms in total. The average molecular weight is 242 g/mol. The van der Waals surface area contributed by atoms with Gasteiger partial charge in [-0.25, -0.2) is 0 Å². The highest BCUT2D eigenvalue weighted by Gasteiger charge is 2.20. The van der Waals surface area contributed by atoms with Gasteiger partial charge in [-0.2, -0.15) is 0 Å². The van der Waals surface area contributed by atoms with E-state index in [4.69, 9.17) is 4.74 Å². The molecule has 0 aromatic heterocycles. The van der Waals surface area contributed by atoms with Crippen LogP contribution in [0.1, 0.15) is 40.0 Å². The van der Waals surface area contributed by atoms with E-state index in [9.17, 15) is 0 Å². The molecular formula is C14H30N2O. The lowest BCUT2D eigenvalue weighted by Crippen LogP contribution is -2.41. The van der Waals surface area contributed by atoms with Crippen molar-refractivity contribution >= 4 is 0 Å². The summed E-state index contributed by atoms with van der Waals surface area (Å²) in [4.78, 5) is 2.59. The summed E-state index contributed by atoms with van der Waals surface area (Å²) in [5, 5.41) is 3.50. The third-order valence-corrected chi connectivity index (χ3v) is 3.43. The molecule has 0 amide bonds. The highest BCUT2D eigenvalue weighted by molar-refractivity contribution is 4.74. The Balaban J connectivity index is 2.08. The summed E-state index contributed by atoms with van der Waals surface area (Å²) in [6.45, 7) is 13.5. The Morgan fingerprint density at radius 3 is 2.59 bits per heavy atom. The molecule has 0 saturated carbocycles. The predicted molar refractivity (Wildman–Crippen MR) is 73.4 cm³/mol. The molecule has 0 aromatic rings. The average Bonchev–Trinajstić information content (AvgIpc) is 2.32. The summed E-state index contributed by atoms with van der Waals surface area (Å²) in [5.74, 6) is 0.755. The van der Waals surface area contributed by atoms with Crippen LogP contribution < -0.4 is 5.32 Å². The van der Waals surface area contributed by atoms with Gasteiger partial charge in [0, 0.05) is 26.2 Å². The van der Waals surface area contributed by atoms with Crippen LogP contribution in [0.3, 0.4) is 0 Å². The summed E-state index contributed by atoms with van der Waals surface area (Å²) in [5.41, 5.74) is 0. The van der Waals surface area contributed by atoms with Crippen LogP contribution in [0.4, 0.5) is 0 Å². The molecule has 0 radical (unpaired) electrons. The van der Waals surface area contributed by atoms with Crippen LogP contribution in [-0.2, 0) is 4.74 Å². The van der Waals surface area contributed by atoms with Crippen LogP contribution in [0.2, 0.25) is 0 Å². The van der Waals surface area contributed by atoms with E-state index in [1.165, 1.54) is 38.9 Å². The van der Waals surface area contributed by atoms with Crippen LogP contribution in [-0.4, -0.2) is 50.3 Å². The first-order valence-corrected chi connectivity index (χ1v) is 7.30. The van der Waals surface area contributed by atoms with E-state index in [0.29, 0.717) is 6.10 Å². The molecule has 1 fully saturated rings. The summed E-state index contributed by atoms with van der Waals surface area (Å²) >= 11 is 0. The lowest BCUT2D eigenvalue weighted by molar-refractivity contribution is 0.0116. The van der Waals surface area contributed by atoms with Crippen molar-refractivity contribution in [3.05, 3.63) is 0 Å². The minimum Gasteiger partial charge on any atom is -0.378 e.